The van der Waals surface area contributed by atoms with E-state index in [4.69, 9.17) is 5.26 Å². The molecule has 0 saturated carbocycles. The maximum absolute atomic E-state index is 12.5. The minimum atomic E-state index is -4.65. The third-order valence-corrected chi connectivity index (χ3v) is 5.03. The first-order valence-corrected chi connectivity index (χ1v) is 7.85. The van der Waals surface area contributed by atoms with E-state index in [1.165, 1.54) is 6.08 Å². The zero-order valence-corrected chi connectivity index (χ0v) is 12.4. The van der Waals surface area contributed by atoms with Crippen LogP contribution in [0.25, 0.3) is 5.70 Å². The van der Waals surface area contributed by atoms with E-state index in [-0.39, 0.29) is 0 Å². The highest BCUT2D eigenvalue weighted by molar-refractivity contribution is 8.19. The van der Waals surface area contributed by atoms with Gasteiger partial charge in [-0.25, -0.2) is 4.98 Å². The molecule has 1 atom stereocenters. The molecule has 0 radical (unpaired) electrons. The molecule has 1 aromatic heterocycles. The third-order valence-electron chi connectivity index (χ3n) is 2.86. The molecular weight excluding hydrogens is 315 g/mol. The molecule has 0 saturated heterocycles. The Morgan fingerprint density at radius 3 is 2.68 bits per heavy atom. The first-order chi connectivity index (χ1) is 10.4. The van der Waals surface area contributed by atoms with Crippen molar-refractivity contribution in [2.45, 2.75) is 19.5 Å². The van der Waals surface area contributed by atoms with Crippen molar-refractivity contribution in [3.8, 4) is 6.07 Å². The fourth-order valence-corrected chi connectivity index (χ4v) is 3.62. The predicted octanol–water partition coefficient (Wildman–Crippen LogP) is 3.01. The van der Waals surface area contributed by atoms with E-state index in [0.29, 0.717) is 16.6 Å². The molecule has 4 nitrogen and oxygen atoms in total. The predicted molar refractivity (Wildman–Crippen MR) is 80.3 cm³/mol. The van der Waals surface area contributed by atoms with E-state index < -0.39 is 27.9 Å². The Balaban J connectivity index is 2.47. The van der Waals surface area contributed by atoms with Crippen molar-refractivity contribution in [3.05, 3.63) is 46.0 Å². The molecule has 2 heterocycles. The van der Waals surface area contributed by atoms with Gasteiger partial charge in [0.25, 0.3) is 5.56 Å². The molecule has 8 heteroatoms. The van der Waals surface area contributed by atoms with Crippen LogP contribution in [-0.4, -0.2) is 20.2 Å². The number of alkyl halides is 3. The first kappa shape index (κ1) is 16.2. The van der Waals surface area contributed by atoms with Crippen LogP contribution in [-0.2, 0) is 6.18 Å². The van der Waals surface area contributed by atoms with Crippen LogP contribution in [0.4, 0.5) is 13.2 Å². The molecule has 2 rings (SSSR count). The fourth-order valence-electron chi connectivity index (χ4n) is 1.87. The molecule has 22 heavy (non-hydrogen) atoms. The highest BCUT2D eigenvalue weighted by atomic mass is 32.2. The van der Waals surface area contributed by atoms with E-state index in [9.17, 15) is 18.0 Å². The second-order valence-electron chi connectivity index (χ2n) is 4.47. The van der Waals surface area contributed by atoms with Gasteiger partial charge in [-0.3, -0.25) is 9.36 Å². The van der Waals surface area contributed by atoms with Crippen molar-refractivity contribution in [2.75, 3.05) is 5.75 Å². The van der Waals surface area contributed by atoms with Crippen LogP contribution in [0.2, 0.25) is 0 Å². The molecule has 1 aliphatic rings. The molecule has 1 aliphatic heterocycles. The number of hydrogen-bond acceptors (Lipinski definition) is 3. The van der Waals surface area contributed by atoms with Gasteiger partial charge < -0.3 is 0 Å². The van der Waals surface area contributed by atoms with E-state index >= 15 is 0 Å². The number of allylic oxidation sites excluding steroid dienone is 3. The number of hydrogen-bond donors (Lipinski definition) is 0. The van der Waals surface area contributed by atoms with Crippen LogP contribution >= 0.6 is 10.5 Å². The number of rotatable bonds is 3. The summed E-state index contributed by atoms with van der Waals surface area (Å²) in [5.74, 6) is 0.750. The van der Waals surface area contributed by atoms with Gasteiger partial charge in [-0.15, -0.1) is 10.5 Å². The van der Waals surface area contributed by atoms with E-state index in [1.807, 2.05) is 6.92 Å². The van der Waals surface area contributed by atoms with Crippen molar-refractivity contribution in [1.82, 2.24) is 9.55 Å². The molecule has 0 amide bonds. The molecule has 1 unspecified atom stereocenters. The van der Waals surface area contributed by atoms with Crippen LogP contribution in [0.3, 0.4) is 0 Å². The average molecular weight is 327 g/mol. The van der Waals surface area contributed by atoms with Gasteiger partial charge in [0.1, 0.15) is 12.4 Å². The van der Waals surface area contributed by atoms with Gasteiger partial charge in [-0.05, 0) is 29.7 Å². The summed E-state index contributed by atoms with van der Waals surface area (Å²) >= 11 is 0. The normalized spacial score (nSPS) is 18.0. The lowest BCUT2D eigenvalue weighted by molar-refractivity contribution is -0.141. The topological polar surface area (TPSA) is 58.7 Å². The van der Waals surface area contributed by atoms with Crippen molar-refractivity contribution in [3.63, 3.8) is 0 Å². The van der Waals surface area contributed by atoms with Crippen LogP contribution < -0.4 is 5.56 Å². The Hall–Kier alpha value is -2.14. The summed E-state index contributed by atoms with van der Waals surface area (Å²) in [6, 6.07) is 2.57. The summed E-state index contributed by atoms with van der Waals surface area (Å²) < 4.78 is 38.6. The van der Waals surface area contributed by atoms with Crippen LogP contribution in [0.5, 0.6) is 0 Å². The summed E-state index contributed by atoms with van der Waals surface area (Å²) in [7, 11) is -0.447. The van der Waals surface area contributed by atoms with Crippen LogP contribution in [0, 0.1) is 11.3 Å². The van der Waals surface area contributed by atoms with Crippen molar-refractivity contribution in [2.24, 2.45) is 0 Å². The molecule has 0 N–H and O–H groups in total. The monoisotopic (exact) mass is 327 g/mol. The molecule has 0 fully saturated rings. The number of aromatic nitrogens is 2. The van der Waals surface area contributed by atoms with Crippen molar-refractivity contribution < 1.29 is 13.2 Å². The number of nitriles is 1. The summed E-state index contributed by atoms with van der Waals surface area (Å²) in [5, 5.41) is 10.8. The maximum atomic E-state index is 12.5. The Bertz CT molecular complexity index is 782. The molecule has 0 aliphatic carbocycles. The second-order valence-corrected chi connectivity index (χ2v) is 6.41. The lowest BCUT2D eigenvalue weighted by atomic mass is 10.3. The minimum absolute atomic E-state index is 0.432. The van der Waals surface area contributed by atoms with Gasteiger partial charge in [0, 0.05) is 6.07 Å². The van der Waals surface area contributed by atoms with Crippen LogP contribution in [0.15, 0.2) is 34.7 Å². The summed E-state index contributed by atoms with van der Waals surface area (Å²) in [5.41, 5.74) is -1.59. The quantitative estimate of drug-likeness (QED) is 0.802. The molecule has 0 aromatic carbocycles. The van der Waals surface area contributed by atoms with E-state index in [1.54, 1.807) is 11.5 Å². The molecule has 0 bridgehead atoms. The van der Waals surface area contributed by atoms with Gasteiger partial charge in [-0.1, -0.05) is 6.92 Å². The average Bonchev–Trinajstić information content (AvgIpc) is 2.46. The standard InChI is InChI=1S/C14H12F3N3OS/c1-2-5-22-8-10(3-4-11(22)7-18)20-9-19-12(6-13(20)21)14(15,16)17/h3-4,6,8-9H,2,5H2,1H3. The summed E-state index contributed by atoms with van der Waals surface area (Å²) in [6.07, 6.45) is 0.202. The van der Waals surface area contributed by atoms with Crippen molar-refractivity contribution in [1.29, 1.82) is 5.26 Å². The largest absolute Gasteiger partial charge is 0.433 e. The van der Waals surface area contributed by atoms with E-state index in [2.05, 4.69) is 11.1 Å². The number of halogens is 3. The Morgan fingerprint density at radius 2 is 2.14 bits per heavy atom. The second kappa shape index (κ2) is 6.32. The highest BCUT2D eigenvalue weighted by Crippen LogP contribution is 2.28. The zero-order valence-electron chi connectivity index (χ0n) is 11.6. The lowest BCUT2D eigenvalue weighted by Crippen LogP contribution is -2.23. The molecule has 116 valence electrons. The zero-order chi connectivity index (χ0) is 16.3. The molecule has 0 spiro atoms. The van der Waals surface area contributed by atoms with Gasteiger partial charge in [0.15, 0.2) is 5.69 Å². The van der Waals surface area contributed by atoms with Crippen molar-refractivity contribution >= 4 is 21.0 Å². The van der Waals surface area contributed by atoms with Gasteiger partial charge in [0.2, 0.25) is 0 Å². The van der Waals surface area contributed by atoms with E-state index in [0.717, 1.165) is 23.1 Å². The van der Waals surface area contributed by atoms with Crippen LogP contribution in [0.1, 0.15) is 19.0 Å². The van der Waals surface area contributed by atoms with Gasteiger partial charge in [0.05, 0.1) is 10.6 Å². The maximum Gasteiger partial charge on any atom is 0.433 e. The van der Waals surface area contributed by atoms with Gasteiger partial charge >= 0.3 is 6.18 Å². The molecule has 1 aromatic rings. The SMILES string of the molecule is CCCS1=C(C#N)C=CC(n2cnc(C(F)(F)F)cc2=O)=C1. The highest BCUT2D eigenvalue weighted by Gasteiger charge is 2.33. The van der Waals surface area contributed by atoms with Gasteiger partial charge in [-0.2, -0.15) is 18.4 Å². The smallest absolute Gasteiger partial charge is 0.269 e. The summed E-state index contributed by atoms with van der Waals surface area (Å²) in [4.78, 5) is 15.8. The Kier molecular flexibility index (Phi) is 4.66. The summed E-state index contributed by atoms with van der Waals surface area (Å²) in [6.45, 7) is 1.97. The first-order valence-electron chi connectivity index (χ1n) is 6.39. The molecular formula is C14H12F3N3OS. The Morgan fingerprint density at radius 1 is 1.41 bits per heavy atom. The fraction of sp³-hybridized carbons (Fsp3) is 0.286. The minimum Gasteiger partial charge on any atom is -0.269 e. The lowest BCUT2D eigenvalue weighted by Gasteiger charge is -2.14. The number of nitrogens with zero attached hydrogens (tertiary/aromatic N) is 3. The Labute approximate surface area is 127 Å². The third kappa shape index (κ3) is 3.36.